The fourth-order valence-corrected chi connectivity index (χ4v) is 2.93. The molecule has 0 atom stereocenters. The van der Waals surface area contributed by atoms with Crippen LogP contribution in [-0.4, -0.2) is 59.7 Å². The molecular formula is C22H27F3N4O3. The number of hydrogen-bond donors (Lipinski definition) is 1. The smallest absolute Gasteiger partial charge is 0.383 e. The lowest BCUT2D eigenvalue weighted by Gasteiger charge is -2.27. The lowest BCUT2D eigenvalue weighted by Crippen LogP contribution is -2.45. The topological polar surface area (TPSA) is 66.8 Å². The number of aromatic nitrogens is 1. The van der Waals surface area contributed by atoms with Gasteiger partial charge in [-0.1, -0.05) is 6.08 Å². The third-order valence-electron chi connectivity index (χ3n) is 4.75. The summed E-state index contributed by atoms with van der Waals surface area (Å²) in [6.45, 7) is 4.47. The van der Waals surface area contributed by atoms with E-state index < -0.39 is 17.8 Å². The highest BCUT2D eigenvalue weighted by Gasteiger charge is 2.30. The van der Waals surface area contributed by atoms with Crippen molar-refractivity contribution in [3.63, 3.8) is 0 Å². The van der Waals surface area contributed by atoms with E-state index in [9.17, 15) is 22.8 Å². The van der Waals surface area contributed by atoms with Gasteiger partial charge in [-0.3, -0.25) is 4.79 Å². The molecule has 2 rings (SSSR count). The van der Waals surface area contributed by atoms with Crippen molar-refractivity contribution < 1.29 is 27.5 Å². The molecule has 0 spiro atoms. The number of anilines is 1. The molecule has 3 amide bonds. The van der Waals surface area contributed by atoms with E-state index in [2.05, 4.69) is 11.9 Å². The van der Waals surface area contributed by atoms with Crippen molar-refractivity contribution >= 4 is 17.6 Å². The van der Waals surface area contributed by atoms with Gasteiger partial charge < -0.3 is 24.4 Å². The molecule has 1 heterocycles. The van der Waals surface area contributed by atoms with Crippen LogP contribution in [0.3, 0.4) is 0 Å². The normalized spacial score (nSPS) is 11.2. The third-order valence-corrected chi connectivity index (χ3v) is 4.75. The summed E-state index contributed by atoms with van der Waals surface area (Å²) in [4.78, 5) is 28.5. The molecular weight excluding hydrogens is 425 g/mol. The van der Waals surface area contributed by atoms with Gasteiger partial charge in [0, 0.05) is 44.8 Å². The minimum absolute atomic E-state index is 0.0838. The summed E-state index contributed by atoms with van der Waals surface area (Å²) in [5.41, 5.74) is 0.284. The number of ether oxygens (including phenoxy) is 1. The number of methoxy groups -OCH3 is 1. The van der Waals surface area contributed by atoms with Gasteiger partial charge in [-0.05, 0) is 36.4 Å². The number of nitrogens with zero attached hydrogens (tertiary/aromatic N) is 3. The van der Waals surface area contributed by atoms with Crippen molar-refractivity contribution in [1.82, 2.24) is 14.4 Å². The lowest BCUT2D eigenvalue weighted by atomic mass is 10.2. The first-order chi connectivity index (χ1) is 15.2. The van der Waals surface area contributed by atoms with E-state index >= 15 is 0 Å². The van der Waals surface area contributed by atoms with Gasteiger partial charge in [0.2, 0.25) is 5.91 Å². The first-order valence-corrected chi connectivity index (χ1v) is 9.86. The molecule has 174 valence electrons. The van der Waals surface area contributed by atoms with Crippen molar-refractivity contribution in [3.8, 4) is 0 Å². The minimum Gasteiger partial charge on any atom is -0.383 e. The third kappa shape index (κ3) is 7.16. The molecule has 1 N–H and O–H groups in total. The molecule has 0 fully saturated rings. The molecule has 0 aliphatic carbocycles. The maximum absolute atomic E-state index is 13.0. The largest absolute Gasteiger partial charge is 0.416 e. The maximum atomic E-state index is 13.0. The van der Waals surface area contributed by atoms with E-state index in [0.29, 0.717) is 19.7 Å². The fourth-order valence-electron chi connectivity index (χ4n) is 2.93. The van der Waals surface area contributed by atoms with Crippen LogP contribution in [0.5, 0.6) is 0 Å². The maximum Gasteiger partial charge on any atom is 0.416 e. The molecule has 2 aromatic rings. The van der Waals surface area contributed by atoms with E-state index in [-0.39, 0.29) is 24.7 Å². The zero-order chi connectivity index (χ0) is 23.7. The fraction of sp³-hybridized carbons (Fsp3) is 0.364. The van der Waals surface area contributed by atoms with Gasteiger partial charge >= 0.3 is 12.2 Å². The number of urea groups is 1. The van der Waals surface area contributed by atoms with Crippen molar-refractivity contribution in [2.24, 2.45) is 7.05 Å². The average molecular weight is 452 g/mol. The van der Waals surface area contributed by atoms with Gasteiger partial charge in [-0.15, -0.1) is 6.58 Å². The second-order valence-electron chi connectivity index (χ2n) is 7.09. The standard InChI is InChI=1S/C22H27F3N4O3/c1-4-11-29(21(31)26-18-9-7-17(8-10-18)22(23,24)25)16-20(30)28(13-14-32-3)15-19-6-5-12-27(19)2/h4-10,12H,1,11,13-16H2,2-3H3,(H,26,31). The lowest BCUT2D eigenvalue weighted by molar-refractivity contribution is -0.137. The quantitative estimate of drug-likeness (QED) is 0.559. The minimum atomic E-state index is -4.46. The Kier molecular flexibility index (Phi) is 8.89. The zero-order valence-electron chi connectivity index (χ0n) is 18.1. The summed E-state index contributed by atoms with van der Waals surface area (Å²) in [5, 5.41) is 2.52. The second kappa shape index (κ2) is 11.4. The predicted molar refractivity (Wildman–Crippen MR) is 115 cm³/mol. The van der Waals surface area contributed by atoms with Gasteiger partial charge in [0.25, 0.3) is 0 Å². The van der Waals surface area contributed by atoms with Gasteiger partial charge in [0.1, 0.15) is 6.54 Å². The van der Waals surface area contributed by atoms with Gasteiger partial charge in [0.15, 0.2) is 0 Å². The Morgan fingerprint density at radius 1 is 1.19 bits per heavy atom. The highest BCUT2D eigenvalue weighted by Crippen LogP contribution is 2.29. The van der Waals surface area contributed by atoms with Gasteiger partial charge in [-0.2, -0.15) is 13.2 Å². The Morgan fingerprint density at radius 3 is 2.41 bits per heavy atom. The molecule has 0 aliphatic heterocycles. The van der Waals surface area contributed by atoms with E-state index in [0.717, 1.165) is 30.0 Å². The Labute approximate surface area is 185 Å². The summed E-state index contributed by atoms with van der Waals surface area (Å²) in [5.74, 6) is -0.298. The van der Waals surface area contributed by atoms with E-state index in [1.54, 1.807) is 4.90 Å². The molecule has 0 radical (unpaired) electrons. The Bertz CT molecular complexity index is 910. The summed E-state index contributed by atoms with van der Waals surface area (Å²) >= 11 is 0. The number of hydrogen-bond acceptors (Lipinski definition) is 3. The average Bonchev–Trinajstić information content (AvgIpc) is 3.14. The highest BCUT2D eigenvalue weighted by atomic mass is 19.4. The Balaban J connectivity index is 2.08. The number of carbonyl (C=O) groups is 2. The van der Waals surface area contributed by atoms with Crippen LogP contribution < -0.4 is 5.32 Å². The number of nitrogens with one attached hydrogen (secondary N) is 1. The van der Waals surface area contributed by atoms with Crippen LogP contribution >= 0.6 is 0 Å². The number of carbonyl (C=O) groups excluding carboxylic acids is 2. The number of rotatable bonds is 10. The van der Waals surface area contributed by atoms with Crippen molar-refractivity contribution in [1.29, 1.82) is 0 Å². The molecule has 0 unspecified atom stereocenters. The number of amides is 3. The number of halogens is 3. The predicted octanol–water partition coefficient (Wildman–Crippen LogP) is 3.74. The van der Waals surface area contributed by atoms with Crippen LogP contribution in [0.4, 0.5) is 23.7 Å². The number of aryl methyl sites for hydroxylation is 1. The van der Waals surface area contributed by atoms with Crippen molar-refractivity contribution in [2.75, 3.05) is 38.7 Å². The summed E-state index contributed by atoms with van der Waals surface area (Å²) in [7, 11) is 3.41. The number of benzene rings is 1. The van der Waals surface area contributed by atoms with Crippen LogP contribution in [0, 0.1) is 0 Å². The molecule has 0 saturated heterocycles. The van der Waals surface area contributed by atoms with Crippen LogP contribution in [0.25, 0.3) is 0 Å². The summed E-state index contributed by atoms with van der Waals surface area (Å²) in [6, 6.07) is 7.23. The van der Waals surface area contributed by atoms with E-state index in [1.807, 2.05) is 29.9 Å². The first-order valence-electron chi connectivity index (χ1n) is 9.86. The summed E-state index contributed by atoms with van der Waals surface area (Å²) in [6.07, 6.45) is -1.13. The monoisotopic (exact) mass is 452 g/mol. The molecule has 0 saturated carbocycles. The van der Waals surface area contributed by atoms with Crippen LogP contribution in [0.15, 0.2) is 55.3 Å². The first kappa shape index (κ1) is 25.0. The molecule has 0 aliphatic rings. The molecule has 32 heavy (non-hydrogen) atoms. The SMILES string of the molecule is C=CCN(CC(=O)N(CCOC)Cc1cccn1C)C(=O)Nc1ccc(C(F)(F)F)cc1. The van der Waals surface area contributed by atoms with E-state index in [4.69, 9.17) is 4.74 Å². The molecule has 1 aromatic carbocycles. The van der Waals surface area contributed by atoms with Crippen LogP contribution in [0.2, 0.25) is 0 Å². The summed E-state index contributed by atoms with van der Waals surface area (Å²) < 4.78 is 45.1. The molecule has 1 aromatic heterocycles. The molecule has 0 bridgehead atoms. The Morgan fingerprint density at radius 2 is 1.88 bits per heavy atom. The molecule has 10 heteroatoms. The van der Waals surface area contributed by atoms with Gasteiger partial charge in [0.05, 0.1) is 18.7 Å². The van der Waals surface area contributed by atoms with Crippen LogP contribution in [0.1, 0.15) is 11.3 Å². The highest BCUT2D eigenvalue weighted by molar-refractivity contribution is 5.92. The molecule has 7 nitrogen and oxygen atoms in total. The second-order valence-corrected chi connectivity index (χ2v) is 7.09. The van der Waals surface area contributed by atoms with E-state index in [1.165, 1.54) is 18.1 Å². The van der Waals surface area contributed by atoms with Gasteiger partial charge in [-0.25, -0.2) is 4.79 Å². The van der Waals surface area contributed by atoms with Crippen molar-refractivity contribution in [3.05, 3.63) is 66.5 Å². The van der Waals surface area contributed by atoms with Crippen molar-refractivity contribution in [2.45, 2.75) is 12.7 Å². The Hall–Kier alpha value is -3.27. The number of alkyl halides is 3. The van der Waals surface area contributed by atoms with Crippen LogP contribution in [-0.2, 0) is 29.3 Å². The zero-order valence-corrected chi connectivity index (χ0v) is 18.1.